The first kappa shape index (κ1) is 15.5. The molecule has 0 bridgehead atoms. The van der Waals surface area contributed by atoms with E-state index in [1.807, 2.05) is 0 Å². The van der Waals surface area contributed by atoms with Crippen LogP contribution in [0.4, 0.5) is 5.69 Å². The molecule has 0 spiro atoms. The summed E-state index contributed by atoms with van der Waals surface area (Å²) in [6.07, 6.45) is 5.51. The van der Waals surface area contributed by atoms with Gasteiger partial charge in [-0.05, 0) is 36.6 Å². The van der Waals surface area contributed by atoms with E-state index in [1.54, 1.807) is 34.5 Å². The van der Waals surface area contributed by atoms with Crippen LogP contribution in [0.2, 0.25) is 0 Å². The largest absolute Gasteiger partial charge is 0.315 e. The van der Waals surface area contributed by atoms with Gasteiger partial charge in [-0.2, -0.15) is 4.31 Å². The van der Waals surface area contributed by atoms with Gasteiger partial charge in [-0.15, -0.1) is 0 Å². The average Bonchev–Trinajstić information content (AvgIpc) is 2.73. The molecule has 0 aromatic heterocycles. The molecule has 2 heterocycles. The van der Waals surface area contributed by atoms with Gasteiger partial charge in [-0.3, -0.25) is 4.79 Å². The molecule has 2 aliphatic rings. The zero-order chi connectivity index (χ0) is 15.7. The van der Waals surface area contributed by atoms with E-state index < -0.39 is 10.0 Å². The summed E-state index contributed by atoms with van der Waals surface area (Å²) in [7, 11) is -1.73. The standard InChI is InChI=1S/C16H22N2O3S/c1-17-15-8-7-14(11-13(15)12-16(17)19)22(20,21)18-9-5-3-2-4-6-10-18/h7-8,11H,2-6,9-10,12H2,1H3. The number of hydrogen-bond acceptors (Lipinski definition) is 3. The Labute approximate surface area is 132 Å². The van der Waals surface area contributed by atoms with Gasteiger partial charge in [0, 0.05) is 25.8 Å². The van der Waals surface area contributed by atoms with Crippen molar-refractivity contribution in [2.75, 3.05) is 25.0 Å². The number of nitrogens with zero attached hydrogens (tertiary/aromatic N) is 2. The average molecular weight is 322 g/mol. The van der Waals surface area contributed by atoms with E-state index in [-0.39, 0.29) is 12.3 Å². The SMILES string of the molecule is CN1C(=O)Cc2cc(S(=O)(=O)N3CCCCCCC3)ccc21. The maximum atomic E-state index is 12.8. The van der Waals surface area contributed by atoms with Crippen molar-refractivity contribution < 1.29 is 13.2 Å². The van der Waals surface area contributed by atoms with Crippen molar-refractivity contribution in [2.24, 2.45) is 0 Å². The molecule has 1 aromatic carbocycles. The van der Waals surface area contributed by atoms with Crippen LogP contribution >= 0.6 is 0 Å². The van der Waals surface area contributed by atoms with E-state index in [9.17, 15) is 13.2 Å². The minimum absolute atomic E-state index is 0.0100. The van der Waals surface area contributed by atoms with Gasteiger partial charge in [0.1, 0.15) is 0 Å². The third kappa shape index (κ3) is 2.77. The molecule has 22 heavy (non-hydrogen) atoms. The quantitative estimate of drug-likeness (QED) is 0.838. The van der Waals surface area contributed by atoms with Gasteiger partial charge in [0.15, 0.2) is 0 Å². The van der Waals surface area contributed by atoms with Crippen molar-refractivity contribution in [2.45, 2.75) is 43.4 Å². The number of carbonyl (C=O) groups is 1. The van der Waals surface area contributed by atoms with E-state index in [4.69, 9.17) is 0 Å². The van der Waals surface area contributed by atoms with E-state index in [2.05, 4.69) is 0 Å². The predicted molar refractivity (Wildman–Crippen MR) is 85.4 cm³/mol. The number of benzene rings is 1. The van der Waals surface area contributed by atoms with Crippen LogP contribution in [0.5, 0.6) is 0 Å². The van der Waals surface area contributed by atoms with E-state index in [0.717, 1.165) is 36.9 Å². The summed E-state index contributed by atoms with van der Waals surface area (Å²) in [5.74, 6) is 0.0100. The number of sulfonamides is 1. The van der Waals surface area contributed by atoms with Gasteiger partial charge in [-0.25, -0.2) is 8.42 Å². The number of anilines is 1. The highest BCUT2D eigenvalue weighted by Gasteiger charge is 2.29. The number of rotatable bonds is 2. The second kappa shape index (κ2) is 6.01. The van der Waals surface area contributed by atoms with Crippen LogP contribution in [0.25, 0.3) is 0 Å². The van der Waals surface area contributed by atoms with Gasteiger partial charge >= 0.3 is 0 Å². The normalized spacial score (nSPS) is 20.6. The van der Waals surface area contributed by atoms with Crippen molar-refractivity contribution in [1.82, 2.24) is 4.31 Å². The fourth-order valence-corrected chi connectivity index (χ4v) is 4.78. The molecule has 1 saturated heterocycles. The molecule has 0 radical (unpaired) electrons. The Morgan fingerprint density at radius 2 is 1.64 bits per heavy atom. The zero-order valence-electron chi connectivity index (χ0n) is 12.9. The second-order valence-corrected chi connectivity index (χ2v) is 8.03. The Bertz CT molecular complexity index is 677. The number of amides is 1. The molecule has 3 rings (SSSR count). The van der Waals surface area contributed by atoms with Crippen molar-refractivity contribution in [3.05, 3.63) is 23.8 Å². The first-order valence-corrected chi connectivity index (χ1v) is 9.34. The van der Waals surface area contributed by atoms with Gasteiger partial charge < -0.3 is 4.90 Å². The fraction of sp³-hybridized carbons (Fsp3) is 0.562. The van der Waals surface area contributed by atoms with Crippen molar-refractivity contribution >= 4 is 21.6 Å². The molecule has 0 N–H and O–H groups in total. The summed E-state index contributed by atoms with van der Waals surface area (Å²) >= 11 is 0. The highest BCUT2D eigenvalue weighted by atomic mass is 32.2. The maximum absolute atomic E-state index is 12.8. The molecule has 1 amide bonds. The summed E-state index contributed by atoms with van der Waals surface area (Å²) in [6.45, 7) is 1.19. The van der Waals surface area contributed by atoms with Crippen molar-refractivity contribution in [1.29, 1.82) is 0 Å². The van der Waals surface area contributed by atoms with Crippen LogP contribution in [0.15, 0.2) is 23.1 Å². The zero-order valence-corrected chi connectivity index (χ0v) is 13.7. The van der Waals surface area contributed by atoms with Gasteiger partial charge in [0.2, 0.25) is 15.9 Å². The lowest BCUT2D eigenvalue weighted by atomic mass is 10.1. The van der Waals surface area contributed by atoms with E-state index >= 15 is 0 Å². The lowest BCUT2D eigenvalue weighted by Crippen LogP contribution is -2.33. The first-order valence-electron chi connectivity index (χ1n) is 7.90. The third-order valence-corrected chi connectivity index (χ3v) is 6.48. The number of likely N-dealkylation sites (N-methyl/N-ethyl adjacent to an activating group) is 1. The summed E-state index contributed by atoms with van der Waals surface area (Å²) < 4.78 is 27.3. The Hall–Kier alpha value is -1.40. The Kier molecular flexibility index (Phi) is 4.23. The van der Waals surface area contributed by atoms with Gasteiger partial charge in [0.25, 0.3) is 0 Å². The second-order valence-electron chi connectivity index (χ2n) is 6.09. The summed E-state index contributed by atoms with van der Waals surface area (Å²) in [5.41, 5.74) is 1.62. The smallest absolute Gasteiger partial charge is 0.243 e. The van der Waals surface area contributed by atoms with E-state index in [0.29, 0.717) is 18.0 Å². The minimum Gasteiger partial charge on any atom is -0.315 e. The monoisotopic (exact) mass is 322 g/mol. The molecule has 1 aromatic rings. The highest BCUT2D eigenvalue weighted by molar-refractivity contribution is 7.89. The van der Waals surface area contributed by atoms with Crippen molar-refractivity contribution in [3.63, 3.8) is 0 Å². The van der Waals surface area contributed by atoms with E-state index in [1.165, 1.54) is 6.42 Å². The van der Waals surface area contributed by atoms with Crippen LogP contribution in [-0.4, -0.2) is 38.8 Å². The molecule has 0 atom stereocenters. The lowest BCUT2D eigenvalue weighted by molar-refractivity contribution is -0.117. The molecule has 0 aliphatic carbocycles. The molecule has 0 unspecified atom stereocenters. The van der Waals surface area contributed by atoms with Crippen molar-refractivity contribution in [3.8, 4) is 0 Å². The molecule has 1 fully saturated rings. The number of hydrogen-bond donors (Lipinski definition) is 0. The molecule has 5 nitrogen and oxygen atoms in total. The molecule has 2 aliphatic heterocycles. The Morgan fingerprint density at radius 1 is 1.00 bits per heavy atom. The highest BCUT2D eigenvalue weighted by Crippen LogP contribution is 2.31. The Morgan fingerprint density at radius 3 is 2.32 bits per heavy atom. The van der Waals surface area contributed by atoms with Gasteiger partial charge in [-0.1, -0.05) is 19.3 Å². The number of carbonyl (C=O) groups excluding carboxylic acids is 1. The van der Waals surface area contributed by atoms with Crippen LogP contribution in [0.1, 0.15) is 37.7 Å². The topological polar surface area (TPSA) is 57.7 Å². The van der Waals surface area contributed by atoms with Gasteiger partial charge in [0.05, 0.1) is 11.3 Å². The maximum Gasteiger partial charge on any atom is 0.243 e. The molecular weight excluding hydrogens is 300 g/mol. The third-order valence-electron chi connectivity index (χ3n) is 4.58. The minimum atomic E-state index is -3.45. The van der Waals surface area contributed by atoms with Crippen LogP contribution in [0.3, 0.4) is 0 Å². The lowest BCUT2D eigenvalue weighted by Gasteiger charge is -2.24. The van der Waals surface area contributed by atoms with Crippen LogP contribution in [-0.2, 0) is 21.2 Å². The first-order chi connectivity index (χ1) is 10.5. The number of fused-ring (bicyclic) bond motifs is 1. The molecule has 0 saturated carbocycles. The Balaban J connectivity index is 1.89. The summed E-state index contributed by atoms with van der Waals surface area (Å²) in [6, 6.07) is 5.05. The van der Waals surface area contributed by atoms with Crippen LogP contribution < -0.4 is 4.90 Å². The summed E-state index contributed by atoms with van der Waals surface area (Å²) in [5, 5.41) is 0. The predicted octanol–water partition coefficient (Wildman–Crippen LogP) is 2.16. The van der Waals surface area contributed by atoms with Crippen LogP contribution in [0, 0.1) is 0 Å². The fourth-order valence-electron chi connectivity index (χ4n) is 3.21. The summed E-state index contributed by atoms with van der Waals surface area (Å²) in [4.78, 5) is 13.6. The molecular formula is C16H22N2O3S. The molecule has 6 heteroatoms. The molecule has 120 valence electrons.